The zero-order chi connectivity index (χ0) is 11.1. The standard InChI is InChI=1S/C12H12BrN3/c1-8-4-5-16(8)12-14-7-9-6-10(13)2-3-11(9)15-12/h2-3,6-8H,4-5H2,1H3. The van der Waals surface area contributed by atoms with Gasteiger partial charge in [0.15, 0.2) is 0 Å². The lowest BCUT2D eigenvalue weighted by Gasteiger charge is -2.38. The average Bonchev–Trinajstić information content (AvgIpc) is 2.27. The molecule has 0 radical (unpaired) electrons. The Morgan fingerprint density at radius 1 is 1.44 bits per heavy atom. The van der Waals surface area contributed by atoms with E-state index in [2.05, 4.69) is 37.7 Å². The lowest BCUT2D eigenvalue weighted by Crippen LogP contribution is -2.46. The summed E-state index contributed by atoms with van der Waals surface area (Å²) in [7, 11) is 0. The molecule has 16 heavy (non-hydrogen) atoms. The largest absolute Gasteiger partial charge is 0.338 e. The van der Waals surface area contributed by atoms with Crippen LogP contribution in [0.5, 0.6) is 0 Å². The average molecular weight is 278 g/mol. The van der Waals surface area contributed by atoms with Crippen LogP contribution in [0, 0.1) is 0 Å². The predicted molar refractivity (Wildman–Crippen MR) is 68.7 cm³/mol. The molecule has 3 rings (SSSR count). The molecule has 0 aliphatic carbocycles. The highest BCUT2D eigenvalue weighted by molar-refractivity contribution is 9.10. The van der Waals surface area contributed by atoms with Crippen molar-refractivity contribution in [3.63, 3.8) is 0 Å². The van der Waals surface area contributed by atoms with Gasteiger partial charge in [0.05, 0.1) is 5.52 Å². The monoisotopic (exact) mass is 277 g/mol. The van der Waals surface area contributed by atoms with E-state index in [-0.39, 0.29) is 0 Å². The summed E-state index contributed by atoms with van der Waals surface area (Å²) in [5, 5.41) is 1.08. The zero-order valence-electron chi connectivity index (χ0n) is 9.02. The fourth-order valence-corrected chi connectivity index (χ4v) is 2.33. The Hall–Kier alpha value is -1.16. The van der Waals surface area contributed by atoms with Gasteiger partial charge in [0.1, 0.15) is 0 Å². The smallest absolute Gasteiger partial charge is 0.226 e. The summed E-state index contributed by atoms with van der Waals surface area (Å²) in [4.78, 5) is 11.2. The van der Waals surface area contributed by atoms with Gasteiger partial charge in [0.2, 0.25) is 5.95 Å². The summed E-state index contributed by atoms with van der Waals surface area (Å²) in [6.07, 6.45) is 3.13. The maximum atomic E-state index is 4.58. The van der Waals surface area contributed by atoms with Crippen LogP contribution in [0.4, 0.5) is 5.95 Å². The molecule has 1 aromatic heterocycles. The molecule has 1 saturated heterocycles. The van der Waals surface area contributed by atoms with Crippen molar-refractivity contribution in [3.05, 3.63) is 28.9 Å². The predicted octanol–water partition coefficient (Wildman–Crippen LogP) is 2.99. The molecule has 3 nitrogen and oxygen atoms in total. The van der Waals surface area contributed by atoms with Gasteiger partial charge in [-0.05, 0) is 31.5 Å². The highest BCUT2D eigenvalue weighted by Gasteiger charge is 2.25. The molecule has 0 N–H and O–H groups in total. The second-order valence-corrected chi connectivity index (χ2v) is 5.12. The number of fused-ring (bicyclic) bond motifs is 1. The number of rotatable bonds is 1. The topological polar surface area (TPSA) is 29.0 Å². The summed E-state index contributed by atoms with van der Waals surface area (Å²) in [5.41, 5.74) is 1.01. The molecule has 1 atom stereocenters. The summed E-state index contributed by atoms with van der Waals surface area (Å²) in [6.45, 7) is 3.28. The Morgan fingerprint density at radius 2 is 2.31 bits per heavy atom. The summed E-state index contributed by atoms with van der Waals surface area (Å²) >= 11 is 3.45. The minimum absolute atomic E-state index is 0.577. The van der Waals surface area contributed by atoms with Crippen molar-refractivity contribution in [2.24, 2.45) is 0 Å². The molecule has 82 valence electrons. The third-order valence-electron chi connectivity index (χ3n) is 3.11. The maximum Gasteiger partial charge on any atom is 0.226 e. The molecule has 2 heterocycles. The number of hydrogen-bond donors (Lipinski definition) is 0. The third kappa shape index (κ3) is 1.57. The Morgan fingerprint density at radius 3 is 3.00 bits per heavy atom. The normalized spacial score (nSPS) is 19.9. The van der Waals surface area contributed by atoms with Crippen molar-refractivity contribution < 1.29 is 0 Å². The first-order chi connectivity index (χ1) is 7.74. The minimum Gasteiger partial charge on any atom is -0.338 e. The molecular weight excluding hydrogens is 266 g/mol. The van der Waals surface area contributed by atoms with Gasteiger partial charge >= 0.3 is 0 Å². The molecule has 1 fully saturated rings. The van der Waals surface area contributed by atoms with Crippen LogP contribution in [0.25, 0.3) is 10.9 Å². The summed E-state index contributed by atoms with van der Waals surface area (Å²) < 4.78 is 1.06. The molecule has 0 amide bonds. The van der Waals surface area contributed by atoms with Crippen LogP contribution >= 0.6 is 15.9 Å². The van der Waals surface area contributed by atoms with Crippen molar-refractivity contribution in [2.45, 2.75) is 19.4 Å². The second kappa shape index (κ2) is 3.70. The van der Waals surface area contributed by atoms with Gasteiger partial charge < -0.3 is 4.90 Å². The van der Waals surface area contributed by atoms with Gasteiger partial charge in [-0.25, -0.2) is 9.97 Å². The van der Waals surface area contributed by atoms with E-state index < -0.39 is 0 Å². The SMILES string of the molecule is CC1CCN1c1ncc2cc(Br)ccc2n1. The van der Waals surface area contributed by atoms with Gasteiger partial charge in [-0.3, -0.25) is 0 Å². The Kier molecular flexibility index (Phi) is 2.32. The summed E-state index contributed by atoms with van der Waals surface area (Å²) in [5.74, 6) is 0.855. The van der Waals surface area contributed by atoms with Gasteiger partial charge in [-0.15, -0.1) is 0 Å². The number of halogens is 1. The van der Waals surface area contributed by atoms with Crippen molar-refractivity contribution in [1.29, 1.82) is 0 Å². The van der Waals surface area contributed by atoms with E-state index in [0.29, 0.717) is 6.04 Å². The molecule has 0 bridgehead atoms. The van der Waals surface area contributed by atoms with Crippen LogP contribution in [0.15, 0.2) is 28.9 Å². The molecule has 1 aromatic carbocycles. The third-order valence-corrected chi connectivity index (χ3v) is 3.60. The van der Waals surface area contributed by atoms with Gasteiger partial charge in [0.25, 0.3) is 0 Å². The number of nitrogens with zero attached hydrogens (tertiary/aromatic N) is 3. The molecule has 1 aliphatic rings. The van der Waals surface area contributed by atoms with Crippen LogP contribution < -0.4 is 4.90 Å². The second-order valence-electron chi connectivity index (χ2n) is 4.20. The molecule has 2 aromatic rings. The number of hydrogen-bond acceptors (Lipinski definition) is 3. The number of anilines is 1. The Bertz CT molecular complexity index is 541. The van der Waals surface area contributed by atoms with Gasteiger partial charge in [-0.2, -0.15) is 0 Å². The fraction of sp³-hybridized carbons (Fsp3) is 0.333. The molecule has 0 saturated carbocycles. The Balaban J connectivity index is 2.06. The van der Waals surface area contributed by atoms with E-state index in [4.69, 9.17) is 0 Å². The van der Waals surface area contributed by atoms with Crippen molar-refractivity contribution in [3.8, 4) is 0 Å². The molecule has 0 spiro atoms. The maximum absolute atomic E-state index is 4.58. The van der Waals surface area contributed by atoms with E-state index in [1.807, 2.05) is 24.4 Å². The first kappa shape index (κ1) is 10.0. The first-order valence-electron chi connectivity index (χ1n) is 5.43. The van der Waals surface area contributed by atoms with E-state index in [1.54, 1.807) is 0 Å². The van der Waals surface area contributed by atoms with Crippen molar-refractivity contribution >= 4 is 32.8 Å². The minimum atomic E-state index is 0.577. The lowest BCUT2D eigenvalue weighted by molar-refractivity contribution is 0.471. The highest BCUT2D eigenvalue weighted by atomic mass is 79.9. The quantitative estimate of drug-likeness (QED) is 0.803. The van der Waals surface area contributed by atoms with Crippen LogP contribution in [-0.4, -0.2) is 22.6 Å². The van der Waals surface area contributed by atoms with Crippen LogP contribution in [0.3, 0.4) is 0 Å². The molecule has 1 aliphatic heterocycles. The van der Waals surface area contributed by atoms with Crippen molar-refractivity contribution in [1.82, 2.24) is 9.97 Å². The summed E-state index contributed by atoms with van der Waals surface area (Å²) in [6, 6.07) is 6.65. The zero-order valence-corrected chi connectivity index (χ0v) is 10.6. The van der Waals surface area contributed by atoms with Crippen LogP contribution in [0.2, 0.25) is 0 Å². The van der Waals surface area contributed by atoms with E-state index in [1.165, 1.54) is 6.42 Å². The van der Waals surface area contributed by atoms with Gasteiger partial charge in [0, 0.05) is 28.6 Å². The van der Waals surface area contributed by atoms with E-state index >= 15 is 0 Å². The number of benzene rings is 1. The van der Waals surface area contributed by atoms with Gasteiger partial charge in [-0.1, -0.05) is 15.9 Å². The fourth-order valence-electron chi connectivity index (χ4n) is 1.95. The highest BCUT2D eigenvalue weighted by Crippen LogP contribution is 2.25. The lowest BCUT2D eigenvalue weighted by atomic mass is 10.1. The molecule has 4 heteroatoms. The van der Waals surface area contributed by atoms with Crippen LogP contribution in [0.1, 0.15) is 13.3 Å². The van der Waals surface area contributed by atoms with Crippen LogP contribution in [-0.2, 0) is 0 Å². The Labute approximate surface area is 103 Å². The molecular formula is C12H12BrN3. The first-order valence-corrected chi connectivity index (χ1v) is 6.22. The number of aromatic nitrogens is 2. The van der Waals surface area contributed by atoms with Crippen molar-refractivity contribution in [2.75, 3.05) is 11.4 Å². The van der Waals surface area contributed by atoms with E-state index in [9.17, 15) is 0 Å². The van der Waals surface area contributed by atoms with E-state index in [0.717, 1.165) is 27.9 Å². The molecule has 1 unspecified atom stereocenters.